The molecule has 2 aromatic rings. The Morgan fingerprint density at radius 3 is 2.46 bits per heavy atom. The molecule has 1 N–H and O–H groups in total. The van der Waals surface area contributed by atoms with Gasteiger partial charge in [-0.25, -0.2) is 13.2 Å². The molecule has 0 fully saturated rings. The normalized spacial score (nSPS) is 11.6. The molecule has 0 bridgehead atoms. The minimum Gasteiger partial charge on any atom is -0.481 e. The van der Waals surface area contributed by atoms with Crippen molar-refractivity contribution in [3.63, 3.8) is 0 Å². The first kappa shape index (κ1) is 20.3. The number of aryl methyl sites for hydroxylation is 1. The molecule has 140 valence electrons. The van der Waals surface area contributed by atoms with Gasteiger partial charge in [-0.1, -0.05) is 31.5 Å². The minimum absolute atomic E-state index is 0.00498. The predicted molar refractivity (Wildman–Crippen MR) is 102 cm³/mol. The van der Waals surface area contributed by atoms with E-state index < -0.39 is 22.4 Å². The molecule has 0 radical (unpaired) electrons. The highest BCUT2D eigenvalue weighted by Gasteiger charge is 2.19. The molecule has 2 aromatic carbocycles. The molecule has 0 saturated heterocycles. The monoisotopic (exact) mass is 396 g/mol. The van der Waals surface area contributed by atoms with E-state index in [0.717, 1.165) is 5.56 Å². The Labute approximate surface area is 158 Å². The number of ether oxygens (including phenoxy) is 1. The standard InChI is InChI=1S/C19H21ClO5S/c1-12(2)11-26(23,24)15-6-4-13(3)16(9-15)17-8-14(20)5-7-18(17)25-10-19(21)22/h4-9,12H,10-11H2,1-3H3,(H,21,22). The van der Waals surface area contributed by atoms with Crippen LogP contribution in [-0.4, -0.2) is 31.9 Å². The second kappa shape index (κ2) is 8.10. The number of benzene rings is 2. The van der Waals surface area contributed by atoms with E-state index >= 15 is 0 Å². The SMILES string of the molecule is Cc1ccc(S(=O)(=O)CC(C)C)cc1-c1cc(Cl)ccc1OCC(=O)O. The van der Waals surface area contributed by atoms with Crippen LogP contribution >= 0.6 is 11.6 Å². The van der Waals surface area contributed by atoms with Crippen LogP contribution in [-0.2, 0) is 14.6 Å². The third kappa shape index (κ3) is 4.99. The third-order valence-electron chi connectivity index (χ3n) is 3.70. The number of aliphatic carboxylic acids is 1. The number of hydrogen-bond acceptors (Lipinski definition) is 4. The maximum absolute atomic E-state index is 12.6. The molecule has 0 spiro atoms. The topological polar surface area (TPSA) is 80.7 Å². The number of rotatable bonds is 7. The predicted octanol–water partition coefficient (Wildman–Crippen LogP) is 4.21. The lowest BCUT2D eigenvalue weighted by Crippen LogP contribution is -2.12. The van der Waals surface area contributed by atoms with Gasteiger partial charge in [0.15, 0.2) is 16.4 Å². The lowest BCUT2D eigenvalue weighted by Gasteiger charge is -2.15. The smallest absolute Gasteiger partial charge is 0.341 e. The summed E-state index contributed by atoms with van der Waals surface area (Å²) in [6.45, 7) is 5.04. The van der Waals surface area contributed by atoms with Crippen molar-refractivity contribution in [1.82, 2.24) is 0 Å². The van der Waals surface area contributed by atoms with E-state index in [1.165, 1.54) is 0 Å². The molecule has 26 heavy (non-hydrogen) atoms. The fourth-order valence-electron chi connectivity index (χ4n) is 2.60. The second-order valence-corrected chi connectivity index (χ2v) is 8.95. The van der Waals surface area contributed by atoms with E-state index in [4.69, 9.17) is 21.4 Å². The maximum atomic E-state index is 12.6. The van der Waals surface area contributed by atoms with Gasteiger partial charge in [0, 0.05) is 10.6 Å². The van der Waals surface area contributed by atoms with Gasteiger partial charge in [0.25, 0.3) is 0 Å². The van der Waals surface area contributed by atoms with E-state index in [2.05, 4.69) is 0 Å². The fourth-order valence-corrected chi connectivity index (χ4v) is 4.41. The van der Waals surface area contributed by atoms with Crippen molar-refractivity contribution in [3.05, 3.63) is 47.0 Å². The first-order chi connectivity index (χ1) is 12.1. The Morgan fingerprint density at radius 2 is 1.85 bits per heavy atom. The van der Waals surface area contributed by atoms with Gasteiger partial charge in [0.05, 0.1) is 10.6 Å². The Hall–Kier alpha value is -2.05. The van der Waals surface area contributed by atoms with Gasteiger partial charge in [-0.15, -0.1) is 0 Å². The molecule has 0 unspecified atom stereocenters. The van der Waals surface area contributed by atoms with Crippen LogP contribution in [0.15, 0.2) is 41.3 Å². The third-order valence-corrected chi connectivity index (χ3v) is 6.02. The summed E-state index contributed by atoms with van der Waals surface area (Å²) in [7, 11) is -3.42. The Bertz CT molecular complexity index is 920. The first-order valence-corrected chi connectivity index (χ1v) is 10.1. The van der Waals surface area contributed by atoms with E-state index in [-0.39, 0.29) is 16.6 Å². The molecule has 0 heterocycles. The van der Waals surface area contributed by atoms with E-state index in [0.29, 0.717) is 21.9 Å². The summed E-state index contributed by atoms with van der Waals surface area (Å²) in [6, 6.07) is 9.71. The molecule has 0 amide bonds. The van der Waals surface area contributed by atoms with Crippen molar-refractivity contribution in [2.45, 2.75) is 25.7 Å². The van der Waals surface area contributed by atoms with Gasteiger partial charge in [-0.05, 0) is 54.3 Å². The maximum Gasteiger partial charge on any atom is 0.341 e. The van der Waals surface area contributed by atoms with Crippen molar-refractivity contribution in [3.8, 4) is 16.9 Å². The summed E-state index contributed by atoms with van der Waals surface area (Å²) in [6.07, 6.45) is 0. The highest BCUT2D eigenvalue weighted by molar-refractivity contribution is 7.91. The highest BCUT2D eigenvalue weighted by atomic mass is 35.5. The zero-order valence-electron chi connectivity index (χ0n) is 14.8. The number of carboxylic acids is 1. The lowest BCUT2D eigenvalue weighted by molar-refractivity contribution is -0.139. The molecule has 0 atom stereocenters. The molecule has 0 aliphatic rings. The van der Waals surface area contributed by atoms with Crippen LogP contribution in [0.3, 0.4) is 0 Å². The quantitative estimate of drug-likeness (QED) is 0.758. The molecule has 2 rings (SSSR count). The van der Waals surface area contributed by atoms with Gasteiger partial charge in [0.2, 0.25) is 0 Å². The molecule has 0 aromatic heterocycles. The van der Waals surface area contributed by atoms with Crippen LogP contribution in [0.25, 0.3) is 11.1 Å². The number of carboxylic acid groups (broad SMARTS) is 1. The summed E-state index contributed by atoms with van der Waals surface area (Å²) in [5.41, 5.74) is 2.02. The average molecular weight is 397 g/mol. The van der Waals surface area contributed by atoms with Crippen LogP contribution in [0.2, 0.25) is 5.02 Å². The van der Waals surface area contributed by atoms with Crippen molar-refractivity contribution in [2.24, 2.45) is 5.92 Å². The molecule has 5 nitrogen and oxygen atoms in total. The number of hydrogen-bond donors (Lipinski definition) is 1. The second-order valence-electron chi connectivity index (χ2n) is 6.47. The van der Waals surface area contributed by atoms with Crippen molar-refractivity contribution >= 4 is 27.4 Å². The van der Waals surface area contributed by atoms with Gasteiger partial charge in [0.1, 0.15) is 5.75 Å². The molecular weight excluding hydrogens is 376 g/mol. The van der Waals surface area contributed by atoms with E-state index in [9.17, 15) is 13.2 Å². The Kier molecular flexibility index (Phi) is 6.31. The van der Waals surface area contributed by atoms with Crippen molar-refractivity contribution in [1.29, 1.82) is 0 Å². The molecule has 0 saturated carbocycles. The first-order valence-electron chi connectivity index (χ1n) is 8.08. The van der Waals surface area contributed by atoms with Crippen LogP contribution in [0.4, 0.5) is 0 Å². The fraction of sp³-hybridized carbons (Fsp3) is 0.316. The summed E-state index contributed by atoms with van der Waals surface area (Å²) >= 11 is 6.09. The molecule has 0 aliphatic carbocycles. The number of sulfone groups is 1. The Morgan fingerprint density at radius 1 is 1.15 bits per heavy atom. The average Bonchev–Trinajstić information content (AvgIpc) is 2.52. The highest BCUT2D eigenvalue weighted by Crippen LogP contribution is 2.36. The van der Waals surface area contributed by atoms with Gasteiger partial charge in [-0.2, -0.15) is 0 Å². The summed E-state index contributed by atoms with van der Waals surface area (Å²) in [5, 5.41) is 9.29. The Balaban J connectivity index is 2.56. The number of halogens is 1. The lowest BCUT2D eigenvalue weighted by atomic mass is 10.00. The summed E-state index contributed by atoms with van der Waals surface area (Å²) in [5.74, 6) is -0.715. The zero-order chi connectivity index (χ0) is 19.5. The minimum atomic E-state index is -3.42. The molecular formula is C19H21ClO5S. The zero-order valence-corrected chi connectivity index (χ0v) is 16.4. The van der Waals surface area contributed by atoms with Crippen LogP contribution in [0, 0.1) is 12.8 Å². The van der Waals surface area contributed by atoms with Gasteiger partial charge < -0.3 is 9.84 Å². The molecule has 0 aliphatic heterocycles. The summed E-state index contributed by atoms with van der Waals surface area (Å²) < 4.78 is 30.5. The van der Waals surface area contributed by atoms with Gasteiger partial charge in [-0.3, -0.25) is 0 Å². The van der Waals surface area contributed by atoms with E-state index in [1.807, 2.05) is 20.8 Å². The van der Waals surface area contributed by atoms with Crippen LogP contribution in [0.1, 0.15) is 19.4 Å². The van der Waals surface area contributed by atoms with Crippen LogP contribution in [0.5, 0.6) is 5.75 Å². The van der Waals surface area contributed by atoms with Crippen LogP contribution < -0.4 is 4.74 Å². The largest absolute Gasteiger partial charge is 0.481 e. The van der Waals surface area contributed by atoms with Crippen molar-refractivity contribution in [2.75, 3.05) is 12.4 Å². The van der Waals surface area contributed by atoms with E-state index in [1.54, 1.807) is 36.4 Å². The number of carbonyl (C=O) groups is 1. The molecule has 7 heteroatoms. The van der Waals surface area contributed by atoms with Crippen molar-refractivity contribution < 1.29 is 23.1 Å². The summed E-state index contributed by atoms with van der Waals surface area (Å²) in [4.78, 5) is 11.0. The van der Waals surface area contributed by atoms with Gasteiger partial charge >= 0.3 is 5.97 Å².